The number of hydrogen-bond acceptors (Lipinski definition) is 4. The van der Waals surface area contributed by atoms with Crippen LogP contribution in [-0.4, -0.2) is 37.5 Å². The zero-order valence-electron chi connectivity index (χ0n) is 13.9. The molecule has 1 atom stereocenters. The van der Waals surface area contributed by atoms with E-state index in [1.807, 2.05) is 0 Å². The molecule has 0 bridgehead atoms. The summed E-state index contributed by atoms with van der Waals surface area (Å²) in [6.45, 7) is -1.56. The molecule has 0 aromatic heterocycles. The largest absolute Gasteiger partial charge is 0.493 e. The van der Waals surface area contributed by atoms with Crippen molar-refractivity contribution in [1.29, 1.82) is 0 Å². The summed E-state index contributed by atoms with van der Waals surface area (Å²) in [6.07, 6.45) is -4.97. The van der Waals surface area contributed by atoms with Gasteiger partial charge in [-0.3, -0.25) is 4.79 Å². The van der Waals surface area contributed by atoms with Crippen molar-refractivity contribution in [2.24, 2.45) is 0 Å². The number of carbonyl (C=O) groups excluding carboxylic acids is 1. The Morgan fingerprint density at radius 2 is 1.62 bits per heavy atom. The van der Waals surface area contributed by atoms with Crippen molar-refractivity contribution < 1.29 is 32.5 Å². The van der Waals surface area contributed by atoms with Crippen LogP contribution < -0.4 is 14.8 Å². The molecule has 2 rings (SSSR count). The van der Waals surface area contributed by atoms with Crippen molar-refractivity contribution in [2.75, 3.05) is 20.3 Å². The monoisotopic (exact) mass is 369 g/mol. The molecular weight excluding hydrogens is 351 g/mol. The van der Waals surface area contributed by atoms with E-state index >= 15 is 0 Å². The Kier molecular flexibility index (Phi) is 6.10. The third-order valence-corrected chi connectivity index (χ3v) is 3.69. The summed E-state index contributed by atoms with van der Waals surface area (Å²) in [6, 6.07) is 13.1. The van der Waals surface area contributed by atoms with Gasteiger partial charge in [-0.25, -0.2) is 0 Å². The number of halogens is 3. The van der Waals surface area contributed by atoms with E-state index in [4.69, 9.17) is 9.47 Å². The predicted octanol–water partition coefficient (Wildman–Crippen LogP) is 2.64. The number of hydrogen-bond donors (Lipinski definition) is 2. The molecule has 5 nitrogen and oxygen atoms in total. The molecule has 0 spiro atoms. The molecule has 0 fully saturated rings. The Morgan fingerprint density at radius 3 is 2.19 bits per heavy atom. The van der Waals surface area contributed by atoms with Crippen LogP contribution in [0.3, 0.4) is 0 Å². The van der Waals surface area contributed by atoms with Crippen molar-refractivity contribution in [3.8, 4) is 11.5 Å². The minimum Gasteiger partial charge on any atom is -0.493 e. The molecule has 0 aliphatic heterocycles. The number of para-hydroxylation sites is 2. The maximum Gasteiger partial charge on any atom is 0.423 e. The lowest BCUT2D eigenvalue weighted by atomic mass is 9.93. The summed E-state index contributed by atoms with van der Waals surface area (Å²) in [5, 5.41) is 12.2. The van der Waals surface area contributed by atoms with Gasteiger partial charge in [-0.05, 0) is 17.7 Å². The van der Waals surface area contributed by atoms with Crippen LogP contribution in [0.5, 0.6) is 11.5 Å². The lowest BCUT2D eigenvalue weighted by Gasteiger charge is -2.31. The third kappa shape index (κ3) is 4.45. The lowest BCUT2D eigenvalue weighted by molar-refractivity contribution is -0.264. The first kappa shape index (κ1) is 19.6. The van der Waals surface area contributed by atoms with Crippen LogP contribution in [0.4, 0.5) is 13.2 Å². The Hall–Kier alpha value is -2.74. The summed E-state index contributed by atoms with van der Waals surface area (Å²) in [5.41, 5.74) is -3.56. The van der Waals surface area contributed by atoms with Crippen LogP contribution in [0.25, 0.3) is 0 Å². The van der Waals surface area contributed by atoms with Gasteiger partial charge in [-0.1, -0.05) is 42.5 Å². The SMILES string of the molecule is COc1ccccc1OCC(=O)NCC(O)(c1ccccc1)C(F)(F)F. The zero-order chi connectivity index (χ0) is 19.2. The van der Waals surface area contributed by atoms with Gasteiger partial charge in [0.2, 0.25) is 5.60 Å². The maximum atomic E-state index is 13.3. The molecule has 2 aromatic rings. The van der Waals surface area contributed by atoms with E-state index < -0.39 is 30.8 Å². The van der Waals surface area contributed by atoms with E-state index in [2.05, 4.69) is 5.32 Å². The highest BCUT2D eigenvalue weighted by atomic mass is 19.4. The van der Waals surface area contributed by atoms with Crippen LogP contribution in [0, 0.1) is 0 Å². The molecule has 0 aliphatic carbocycles. The van der Waals surface area contributed by atoms with E-state index in [0.29, 0.717) is 5.75 Å². The van der Waals surface area contributed by atoms with Crippen molar-refractivity contribution >= 4 is 5.91 Å². The fraction of sp³-hybridized carbons (Fsp3) is 0.278. The standard InChI is InChI=1S/C18H18F3NO4/c1-25-14-9-5-6-10-15(14)26-11-16(23)22-12-17(24,18(19,20)21)13-7-3-2-4-8-13/h2-10,24H,11-12H2,1H3,(H,22,23). The Bertz CT molecular complexity index is 737. The summed E-state index contributed by atoms with van der Waals surface area (Å²) in [7, 11) is 1.42. The number of rotatable bonds is 7. The topological polar surface area (TPSA) is 67.8 Å². The van der Waals surface area contributed by atoms with Gasteiger partial charge in [-0.2, -0.15) is 13.2 Å². The van der Waals surface area contributed by atoms with Crippen LogP contribution in [0.1, 0.15) is 5.56 Å². The minimum absolute atomic E-state index is 0.277. The number of methoxy groups -OCH3 is 1. The Morgan fingerprint density at radius 1 is 1.04 bits per heavy atom. The van der Waals surface area contributed by atoms with E-state index in [1.54, 1.807) is 24.3 Å². The number of ether oxygens (including phenoxy) is 2. The number of amides is 1. The number of carbonyl (C=O) groups is 1. The first-order chi connectivity index (χ1) is 12.3. The zero-order valence-corrected chi connectivity index (χ0v) is 13.9. The summed E-state index contributed by atoms with van der Waals surface area (Å²) in [5.74, 6) is -0.148. The van der Waals surface area contributed by atoms with E-state index in [0.717, 1.165) is 12.1 Å². The highest BCUT2D eigenvalue weighted by Gasteiger charge is 2.55. The molecule has 1 amide bonds. The van der Waals surface area contributed by atoms with Crippen LogP contribution >= 0.6 is 0 Å². The van der Waals surface area contributed by atoms with Crippen LogP contribution in [0.2, 0.25) is 0 Å². The van der Waals surface area contributed by atoms with Gasteiger partial charge in [0.05, 0.1) is 13.7 Å². The number of alkyl halides is 3. The molecule has 0 saturated heterocycles. The molecule has 0 heterocycles. The number of nitrogens with one attached hydrogen (secondary N) is 1. The van der Waals surface area contributed by atoms with Crippen molar-refractivity contribution in [3.05, 3.63) is 60.2 Å². The first-order valence-electron chi connectivity index (χ1n) is 7.65. The summed E-state index contributed by atoms with van der Waals surface area (Å²) >= 11 is 0. The second-order valence-electron chi connectivity index (χ2n) is 5.44. The average Bonchev–Trinajstić information content (AvgIpc) is 2.64. The van der Waals surface area contributed by atoms with E-state index in [1.165, 1.54) is 25.3 Å². The quantitative estimate of drug-likeness (QED) is 0.787. The Balaban J connectivity index is 2.02. The van der Waals surface area contributed by atoms with Crippen LogP contribution in [-0.2, 0) is 10.4 Å². The Labute approximate surface area is 148 Å². The fourth-order valence-electron chi connectivity index (χ4n) is 2.24. The molecule has 8 heteroatoms. The van der Waals surface area contributed by atoms with Gasteiger partial charge >= 0.3 is 6.18 Å². The summed E-state index contributed by atoms with van der Waals surface area (Å²) < 4.78 is 50.3. The van der Waals surface area contributed by atoms with E-state index in [-0.39, 0.29) is 11.3 Å². The highest BCUT2D eigenvalue weighted by molar-refractivity contribution is 5.77. The summed E-state index contributed by atoms with van der Waals surface area (Å²) in [4.78, 5) is 11.9. The van der Waals surface area contributed by atoms with E-state index in [9.17, 15) is 23.1 Å². The van der Waals surface area contributed by atoms with Gasteiger partial charge in [0, 0.05) is 0 Å². The molecule has 26 heavy (non-hydrogen) atoms. The van der Waals surface area contributed by atoms with Gasteiger partial charge in [0.25, 0.3) is 5.91 Å². The van der Waals surface area contributed by atoms with Gasteiger partial charge < -0.3 is 19.9 Å². The number of benzene rings is 2. The van der Waals surface area contributed by atoms with Crippen molar-refractivity contribution in [1.82, 2.24) is 5.32 Å². The lowest BCUT2D eigenvalue weighted by Crippen LogP contribution is -2.51. The molecule has 0 saturated carbocycles. The molecule has 2 aromatic carbocycles. The first-order valence-corrected chi connectivity index (χ1v) is 7.65. The molecule has 0 aliphatic rings. The fourth-order valence-corrected chi connectivity index (χ4v) is 2.24. The predicted molar refractivity (Wildman–Crippen MR) is 87.9 cm³/mol. The molecule has 1 unspecified atom stereocenters. The molecule has 0 radical (unpaired) electrons. The van der Waals surface area contributed by atoms with Gasteiger partial charge in [-0.15, -0.1) is 0 Å². The molecular formula is C18H18F3NO4. The molecule has 2 N–H and O–H groups in total. The molecule has 140 valence electrons. The minimum atomic E-state index is -4.97. The second-order valence-corrected chi connectivity index (χ2v) is 5.44. The second kappa shape index (κ2) is 8.09. The third-order valence-electron chi connectivity index (χ3n) is 3.69. The van der Waals surface area contributed by atoms with Crippen LogP contribution in [0.15, 0.2) is 54.6 Å². The average molecular weight is 369 g/mol. The van der Waals surface area contributed by atoms with Gasteiger partial charge in [0.15, 0.2) is 18.1 Å². The maximum absolute atomic E-state index is 13.3. The normalized spacial score (nSPS) is 13.6. The smallest absolute Gasteiger partial charge is 0.423 e. The number of aliphatic hydroxyl groups is 1. The van der Waals surface area contributed by atoms with Crippen molar-refractivity contribution in [2.45, 2.75) is 11.8 Å². The van der Waals surface area contributed by atoms with Crippen molar-refractivity contribution in [3.63, 3.8) is 0 Å². The van der Waals surface area contributed by atoms with Gasteiger partial charge in [0.1, 0.15) is 0 Å². The highest BCUT2D eigenvalue weighted by Crippen LogP contribution is 2.38.